The minimum atomic E-state index is -0.367. The van der Waals surface area contributed by atoms with Crippen LogP contribution in [0.1, 0.15) is 47.6 Å². The van der Waals surface area contributed by atoms with Crippen molar-refractivity contribution in [2.45, 2.75) is 51.3 Å². The quantitative estimate of drug-likeness (QED) is 0.813. The average molecular weight is 267 g/mol. The summed E-state index contributed by atoms with van der Waals surface area (Å²) in [5, 5.41) is 12.8. The Labute approximate surface area is 112 Å². The van der Waals surface area contributed by atoms with Crippen LogP contribution in [0.4, 0.5) is 0 Å². The number of methoxy groups -OCH3 is 1. The van der Waals surface area contributed by atoms with Gasteiger partial charge in [0.15, 0.2) is 0 Å². The van der Waals surface area contributed by atoms with Crippen molar-refractivity contribution in [1.82, 2.24) is 5.32 Å². The first-order valence-electron chi connectivity index (χ1n) is 6.69. The molecule has 19 heavy (non-hydrogen) atoms. The van der Waals surface area contributed by atoms with Crippen LogP contribution in [0.2, 0.25) is 0 Å². The smallest absolute Gasteiger partial charge is 0.341 e. The Morgan fingerprint density at radius 3 is 2.79 bits per heavy atom. The van der Waals surface area contributed by atoms with Gasteiger partial charge in [0.1, 0.15) is 17.1 Å². The zero-order chi connectivity index (χ0) is 13.8. The molecule has 0 aromatic carbocycles. The lowest BCUT2D eigenvalue weighted by molar-refractivity contribution is 0.0599. The van der Waals surface area contributed by atoms with Gasteiger partial charge in [-0.05, 0) is 38.7 Å². The Morgan fingerprint density at radius 2 is 2.16 bits per heavy atom. The third kappa shape index (κ3) is 3.58. The first kappa shape index (κ1) is 14.1. The number of aliphatic hydroxyl groups excluding tert-OH is 1. The maximum atomic E-state index is 11.5. The topological polar surface area (TPSA) is 71.7 Å². The zero-order valence-corrected chi connectivity index (χ0v) is 11.4. The van der Waals surface area contributed by atoms with Crippen molar-refractivity contribution in [3.8, 4) is 0 Å². The summed E-state index contributed by atoms with van der Waals surface area (Å²) in [4.78, 5) is 11.5. The van der Waals surface area contributed by atoms with Gasteiger partial charge in [0.05, 0.1) is 19.8 Å². The number of carbonyl (C=O) groups is 1. The van der Waals surface area contributed by atoms with E-state index in [1.807, 2.05) is 0 Å². The largest absolute Gasteiger partial charge is 0.465 e. The molecule has 5 heteroatoms. The molecule has 0 spiro atoms. The van der Waals surface area contributed by atoms with E-state index in [0.717, 1.165) is 31.4 Å². The molecule has 2 N–H and O–H groups in total. The van der Waals surface area contributed by atoms with Crippen LogP contribution in [0.5, 0.6) is 0 Å². The SMILES string of the molecule is COC(=O)c1cc(CNC2CCC(O)CC2)oc1C. The molecule has 1 aromatic rings. The fourth-order valence-electron chi connectivity index (χ4n) is 2.47. The Kier molecular flexibility index (Phi) is 4.61. The van der Waals surface area contributed by atoms with Crippen molar-refractivity contribution in [3.05, 3.63) is 23.2 Å². The van der Waals surface area contributed by atoms with Crippen molar-refractivity contribution in [1.29, 1.82) is 0 Å². The van der Waals surface area contributed by atoms with E-state index in [2.05, 4.69) is 10.1 Å². The molecule has 1 fully saturated rings. The summed E-state index contributed by atoms with van der Waals surface area (Å²) >= 11 is 0. The average Bonchev–Trinajstić information content (AvgIpc) is 2.78. The number of hydrogen-bond donors (Lipinski definition) is 2. The van der Waals surface area contributed by atoms with E-state index in [-0.39, 0.29) is 12.1 Å². The minimum Gasteiger partial charge on any atom is -0.465 e. The highest BCUT2D eigenvalue weighted by Crippen LogP contribution is 2.20. The van der Waals surface area contributed by atoms with Crippen LogP contribution in [-0.4, -0.2) is 30.3 Å². The van der Waals surface area contributed by atoms with Crippen LogP contribution >= 0.6 is 0 Å². The van der Waals surface area contributed by atoms with E-state index >= 15 is 0 Å². The molecule has 0 amide bonds. The van der Waals surface area contributed by atoms with Crippen LogP contribution in [0.15, 0.2) is 10.5 Å². The van der Waals surface area contributed by atoms with Gasteiger partial charge in [0.2, 0.25) is 0 Å². The first-order chi connectivity index (χ1) is 9.10. The van der Waals surface area contributed by atoms with E-state index in [9.17, 15) is 9.90 Å². The van der Waals surface area contributed by atoms with E-state index < -0.39 is 0 Å². The van der Waals surface area contributed by atoms with E-state index in [0.29, 0.717) is 23.9 Å². The lowest BCUT2D eigenvalue weighted by atomic mass is 9.93. The molecule has 0 unspecified atom stereocenters. The summed E-state index contributed by atoms with van der Waals surface area (Å²) in [6.45, 7) is 2.35. The van der Waals surface area contributed by atoms with E-state index in [1.165, 1.54) is 7.11 Å². The Morgan fingerprint density at radius 1 is 1.47 bits per heavy atom. The van der Waals surface area contributed by atoms with Crippen LogP contribution < -0.4 is 5.32 Å². The molecular weight excluding hydrogens is 246 g/mol. The molecule has 0 aliphatic heterocycles. The van der Waals surface area contributed by atoms with Gasteiger partial charge in [-0.1, -0.05) is 0 Å². The molecular formula is C14H21NO4. The second-order valence-corrected chi connectivity index (χ2v) is 5.06. The van der Waals surface area contributed by atoms with Crippen molar-refractivity contribution < 1.29 is 19.1 Å². The third-order valence-electron chi connectivity index (χ3n) is 3.64. The van der Waals surface area contributed by atoms with Gasteiger partial charge >= 0.3 is 5.97 Å². The molecule has 1 aliphatic carbocycles. The van der Waals surface area contributed by atoms with E-state index in [1.54, 1.807) is 13.0 Å². The molecule has 5 nitrogen and oxygen atoms in total. The lowest BCUT2D eigenvalue weighted by Gasteiger charge is -2.25. The van der Waals surface area contributed by atoms with Gasteiger partial charge in [0, 0.05) is 6.04 Å². The highest BCUT2D eigenvalue weighted by atomic mass is 16.5. The van der Waals surface area contributed by atoms with E-state index in [4.69, 9.17) is 4.42 Å². The van der Waals surface area contributed by atoms with Crippen LogP contribution in [0.3, 0.4) is 0 Å². The normalized spacial score (nSPS) is 23.3. The number of hydrogen-bond acceptors (Lipinski definition) is 5. The summed E-state index contributed by atoms with van der Waals surface area (Å²) in [5.74, 6) is 0.958. The summed E-state index contributed by atoms with van der Waals surface area (Å²) < 4.78 is 10.2. The fourth-order valence-corrected chi connectivity index (χ4v) is 2.47. The molecule has 0 atom stereocenters. The van der Waals surface area contributed by atoms with Crippen LogP contribution in [-0.2, 0) is 11.3 Å². The summed E-state index contributed by atoms with van der Waals surface area (Å²) in [5.41, 5.74) is 0.485. The molecule has 1 aliphatic rings. The number of carbonyl (C=O) groups excluding carboxylic acids is 1. The number of rotatable bonds is 4. The molecule has 0 bridgehead atoms. The number of ether oxygens (including phenoxy) is 1. The molecule has 0 radical (unpaired) electrons. The van der Waals surface area contributed by atoms with Gasteiger partial charge in [-0.2, -0.15) is 0 Å². The number of aliphatic hydroxyl groups is 1. The molecule has 106 valence electrons. The number of aryl methyl sites for hydroxylation is 1. The predicted octanol–water partition coefficient (Wildman–Crippen LogP) is 1.77. The summed E-state index contributed by atoms with van der Waals surface area (Å²) in [7, 11) is 1.36. The zero-order valence-electron chi connectivity index (χ0n) is 11.4. The number of nitrogens with one attached hydrogen (secondary N) is 1. The molecule has 0 saturated heterocycles. The first-order valence-corrected chi connectivity index (χ1v) is 6.69. The van der Waals surface area contributed by atoms with Gasteiger partial charge in [-0.25, -0.2) is 4.79 Å². The Balaban J connectivity index is 1.88. The minimum absolute atomic E-state index is 0.144. The highest BCUT2D eigenvalue weighted by molar-refractivity contribution is 5.90. The summed E-state index contributed by atoms with van der Waals surface area (Å²) in [6.07, 6.45) is 3.51. The van der Waals surface area contributed by atoms with Crippen LogP contribution in [0.25, 0.3) is 0 Å². The van der Waals surface area contributed by atoms with Crippen molar-refractivity contribution in [2.24, 2.45) is 0 Å². The van der Waals surface area contributed by atoms with Crippen molar-refractivity contribution in [2.75, 3.05) is 7.11 Å². The maximum absolute atomic E-state index is 11.5. The number of furan rings is 1. The van der Waals surface area contributed by atoms with Gasteiger partial charge in [-0.15, -0.1) is 0 Å². The lowest BCUT2D eigenvalue weighted by Crippen LogP contribution is -2.34. The third-order valence-corrected chi connectivity index (χ3v) is 3.64. The molecule has 1 saturated carbocycles. The van der Waals surface area contributed by atoms with Gasteiger partial charge in [-0.3, -0.25) is 0 Å². The Hall–Kier alpha value is -1.33. The van der Waals surface area contributed by atoms with Gasteiger partial charge < -0.3 is 19.6 Å². The second kappa shape index (κ2) is 6.21. The summed E-state index contributed by atoms with van der Waals surface area (Å²) in [6, 6.07) is 2.14. The Bertz CT molecular complexity index is 433. The maximum Gasteiger partial charge on any atom is 0.341 e. The highest BCUT2D eigenvalue weighted by Gasteiger charge is 2.20. The standard InChI is InChI=1S/C14H21NO4/c1-9-13(14(17)18-2)7-12(19-9)8-15-10-3-5-11(16)6-4-10/h7,10-11,15-16H,3-6,8H2,1-2H3. The second-order valence-electron chi connectivity index (χ2n) is 5.06. The fraction of sp³-hybridized carbons (Fsp3) is 0.643. The molecule has 2 rings (SSSR count). The van der Waals surface area contributed by atoms with Crippen LogP contribution in [0, 0.1) is 6.92 Å². The van der Waals surface area contributed by atoms with Crippen molar-refractivity contribution in [3.63, 3.8) is 0 Å². The molecule has 1 aromatic heterocycles. The predicted molar refractivity (Wildman–Crippen MR) is 69.9 cm³/mol. The van der Waals surface area contributed by atoms with Crippen molar-refractivity contribution >= 4 is 5.97 Å². The monoisotopic (exact) mass is 267 g/mol. The number of esters is 1. The van der Waals surface area contributed by atoms with Gasteiger partial charge in [0.25, 0.3) is 0 Å². The molecule has 1 heterocycles.